The first-order valence-electron chi connectivity index (χ1n) is 9.39. The second-order valence-corrected chi connectivity index (χ2v) is 6.86. The number of ether oxygens (including phenoxy) is 1. The van der Waals surface area contributed by atoms with Crippen LogP contribution < -0.4 is 0 Å². The summed E-state index contributed by atoms with van der Waals surface area (Å²) in [6, 6.07) is 15.4. The van der Waals surface area contributed by atoms with Crippen molar-refractivity contribution in [3.8, 4) is 0 Å². The van der Waals surface area contributed by atoms with Crippen LogP contribution in [0.5, 0.6) is 0 Å². The maximum absolute atomic E-state index is 13.6. The van der Waals surface area contributed by atoms with Crippen molar-refractivity contribution in [1.29, 1.82) is 0 Å². The van der Waals surface area contributed by atoms with Gasteiger partial charge in [0.05, 0.1) is 12.1 Å². The fourth-order valence-electron chi connectivity index (χ4n) is 3.48. The Morgan fingerprint density at radius 1 is 1.17 bits per heavy atom. The third-order valence-electron chi connectivity index (χ3n) is 4.80. The number of cyclic esters (lactones) is 1. The van der Waals surface area contributed by atoms with Crippen LogP contribution in [0.1, 0.15) is 23.6 Å². The molecule has 8 heteroatoms. The Morgan fingerprint density at radius 3 is 2.33 bits per heavy atom. The summed E-state index contributed by atoms with van der Waals surface area (Å²) in [6.07, 6.45) is -4.48. The van der Waals surface area contributed by atoms with Crippen molar-refractivity contribution >= 4 is 12.0 Å². The van der Waals surface area contributed by atoms with Gasteiger partial charge in [0.2, 0.25) is 0 Å². The van der Waals surface area contributed by atoms with Gasteiger partial charge in [-0.15, -0.1) is 6.58 Å². The lowest BCUT2D eigenvalue weighted by molar-refractivity contribution is -0.204. The summed E-state index contributed by atoms with van der Waals surface area (Å²) in [6.45, 7) is 3.49. The predicted molar refractivity (Wildman–Crippen MR) is 104 cm³/mol. The third kappa shape index (κ3) is 4.64. The summed E-state index contributed by atoms with van der Waals surface area (Å²) in [4.78, 5) is 25.0. The number of amides is 2. The lowest BCUT2D eigenvalue weighted by Crippen LogP contribution is -2.56. The van der Waals surface area contributed by atoms with E-state index in [1.54, 1.807) is 54.6 Å². The molecule has 0 bridgehead atoms. The summed E-state index contributed by atoms with van der Waals surface area (Å²) in [5, 5.41) is 1.30. The highest BCUT2D eigenvalue weighted by Gasteiger charge is 2.51. The zero-order valence-electron chi connectivity index (χ0n) is 16.1. The zero-order chi connectivity index (χ0) is 21.7. The van der Waals surface area contributed by atoms with Gasteiger partial charge in [-0.2, -0.15) is 13.2 Å². The third-order valence-corrected chi connectivity index (χ3v) is 4.80. The summed E-state index contributed by atoms with van der Waals surface area (Å²) in [7, 11) is 0. The molecule has 30 heavy (non-hydrogen) atoms. The van der Waals surface area contributed by atoms with Crippen LogP contribution in [0.25, 0.3) is 0 Å². The highest BCUT2D eigenvalue weighted by molar-refractivity contribution is 5.85. The van der Waals surface area contributed by atoms with E-state index < -0.39 is 30.3 Å². The second kappa shape index (κ2) is 9.02. The predicted octanol–water partition coefficient (Wildman–Crippen LogP) is 4.67. The summed E-state index contributed by atoms with van der Waals surface area (Å²) < 4.78 is 45.7. The molecule has 0 saturated carbocycles. The maximum Gasteiger partial charge on any atom is 0.473 e. The average Bonchev–Trinajstić information content (AvgIpc) is 3.08. The highest BCUT2D eigenvalue weighted by Crippen LogP contribution is 2.34. The Kier molecular flexibility index (Phi) is 6.44. The number of rotatable bonds is 7. The number of carbonyl (C=O) groups is 2. The van der Waals surface area contributed by atoms with Gasteiger partial charge in [-0.1, -0.05) is 66.7 Å². The van der Waals surface area contributed by atoms with Gasteiger partial charge in [0.15, 0.2) is 0 Å². The average molecular weight is 418 g/mol. The molecule has 0 aromatic heterocycles. The number of hydrogen-bond acceptors (Lipinski definition) is 3. The maximum atomic E-state index is 13.6. The van der Waals surface area contributed by atoms with Gasteiger partial charge in [0.25, 0.3) is 0 Å². The van der Waals surface area contributed by atoms with Gasteiger partial charge >= 0.3 is 18.2 Å². The molecule has 0 spiro atoms. The van der Waals surface area contributed by atoms with E-state index in [9.17, 15) is 22.8 Å². The topological polar surface area (TPSA) is 49.9 Å². The standard InChI is InChI=1S/C22H21F3N2O3/c1-2-9-19(17-12-7-4-8-13-17)27(20(28)22(23,24)25)26-18(15-30-21(26)29)14-16-10-5-3-6-11-16/h2-8,10-13,18-19H,1,9,14-15H2/t18-,19-/m0/s1. The van der Waals surface area contributed by atoms with Crippen molar-refractivity contribution in [2.45, 2.75) is 31.1 Å². The molecule has 3 rings (SSSR count). The Morgan fingerprint density at radius 2 is 1.77 bits per heavy atom. The molecule has 0 N–H and O–H groups in total. The molecule has 0 radical (unpaired) electrons. The molecule has 1 aliphatic rings. The van der Waals surface area contributed by atoms with E-state index in [4.69, 9.17) is 4.74 Å². The quantitative estimate of drug-likeness (QED) is 0.614. The van der Waals surface area contributed by atoms with E-state index in [1.165, 1.54) is 6.08 Å². The smallest absolute Gasteiger partial charge is 0.446 e. The molecular weight excluding hydrogens is 397 g/mol. The molecule has 1 fully saturated rings. The second-order valence-electron chi connectivity index (χ2n) is 6.86. The van der Waals surface area contributed by atoms with Crippen LogP contribution in [-0.2, 0) is 16.0 Å². The van der Waals surface area contributed by atoms with Crippen molar-refractivity contribution in [2.75, 3.05) is 6.61 Å². The highest BCUT2D eigenvalue weighted by atomic mass is 19.4. The van der Waals surface area contributed by atoms with Crippen molar-refractivity contribution in [3.63, 3.8) is 0 Å². The first-order valence-corrected chi connectivity index (χ1v) is 9.39. The van der Waals surface area contributed by atoms with Gasteiger partial charge in [0, 0.05) is 0 Å². The van der Waals surface area contributed by atoms with Gasteiger partial charge < -0.3 is 4.74 Å². The SMILES string of the molecule is C=CC[C@@H](c1ccccc1)N(C(=O)C(F)(F)F)N1C(=O)OC[C@@H]1Cc1ccccc1. The molecule has 2 atom stereocenters. The fraction of sp³-hybridized carbons (Fsp3) is 0.273. The lowest BCUT2D eigenvalue weighted by Gasteiger charge is -2.39. The Bertz CT molecular complexity index is 888. The minimum atomic E-state index is -5.17. The summed E-state index contributed by atoms with van der Waals surface area (Å²) in [5.41, 5.74) is 1.26. The Balaban J connectivity index is 2.04. The van der Waals surface area contributed by atoms with Gasteiger partial charge in [-0.25, -0.2) is 14.8 Å². The molecule has 1 aliphatic heterocycles. The number of benzene rings is 2. The molecule has 5 nitrogen and oxygen atoms in total. The van der Waals surface area contributed by atoms with Crippen LogP contribution in [0.3, 0.4) is 0 Å². The first kappa shape index (κ1) is 21.4. The molecular formula is C22H21F3N2O3. The van der Waals surface area contributed by atoms with Crippen LogP contribution >= 0.6 is 0 Å². The lowest BCUT2D eigenvalue weighted by atomic mass is 10.0. The number of carbonyl (C=O) groups excluding carboxylic acids is 2. The molecule has 0 unspecified atom stereocenters. The van der Waals surface area contributed by atoms with E-state index in [2.05, 4.69) is 6.58 Å². The molecule has 158 valence electrons. The van der Waals surface area contributed by atoms with Crippen molar-refractivity contribution < 1.29 is 27.5 Å². The van der Waals surface area contributed by atoms with Crippen molar-refractivity contribution in [1.82, 2.24) is 10.0 Å². The molecule has 2 aromatic rings. The largest absolute Gasteiger partial charge is 0.473 e. The first-order chi connectivity index (χ1) is 14.3. The van der Waals surface area contributed by atoms with Gasteiger partial charge in [-0.3, -0.25) is 4.79 Å². The minimum Gasteiger partial charge on any atom is -0.446 e. The number of hydrazine groups is 1. The van der Waals surface area contributed by atoms with Gasteiger partial charge in [-0.05, 0) is 24.0 Å². The van der Waals surface area contributed by atoms with E-state index in [0.29, 0.717) is 10.6 Å². The zero-order valence-corrected chi connectivity index (χ0v) is 16.1. The number of hydrogen-bond donors (Lipinski definition) is 0. The van der Waals surface area contributed by atoms with E-state index in [0.717, 1.165) is 10.6 Å². The van der Waals surface area contributed by atoms with Crippen LogP contribution in [-0.4, -0.2) is 40.8 Å². The van der Waals surface area contributed by atoms with Crippen molar-refractivity contribution in [2.24, 2.45) is 0 Å². The molecule has 1 heterocycles. The molecule has 0 aliphatic carbocycles. The number of halogens is 3. The van der Waals surface area contributed by atoms with Crippen molar-refractivity contribution in [3.05, 3.63) is 84.4 Å². The Hall–Kier alpha value is -3.29. The number of alkyl halides is 3. The Labute approximate surface area is 172 Å². The number of nitrogens with zero attached hydrogens (tertiary/aromatic N) is 2. The van der Waals surface area contributed by atoms with Crippen LogP contribution in [0.2, 0.25) is 0 Å². The summed E-state index contributed by atoms with van der Waals surface area (Å²) in [5.74, 6) is -2.13. The monoisotopic (exact) mass is 418 g/mol. The molecule has 2 aromatic carbocycles. The summed E-state index contributed by atoms with van der Waals surface area (Å²) >= 11 is 0. The van der Waals surface area contributed by atoms with Gasteiger partial charge in [0.1, 0.15) is 6.61 Å². The van der Waals surface area contributed by atoms with Crippen LogP contribution in [0.15, 0.2) is 73.3 Å². The minimum absolute atomic E-state index is 0.0215. The van der Waals surface area contributed by atoms with Crippen LogP contribution in [0, 0.1) is 0 Å². The molecule has 1 saturated heterocycles. The normalized spacial score (nSPS) is 17.4. The molecule has 2 amide bonds. The fourth-order valence-corrected chi connectivity index (χ4v) is 3.48. The van der Waals surface area contributed by atoms with Crippen LogP contribution in [0.4, 0.5) is 18.0 Å². The van der Waals surface area contributed by atoms with E-state index >= 15 is 0 Å². The van der Waals surface area contributed by atoms with E-state index in [1.807, 2.05) is 6.07 Å². The van der Waals surface area contributed by atoms with E-state index in [-0.39, 0.29) is 19.4 Å².